The van der Waals surface area contributed by atoms with Crippen molar-refractivity contribution in [2.24, 2.45) is 0 Å². The highest BCUT2D eigenvalue weighted by atomic mass is 35.5. The second-order valence-corrected chi connectivity index (χ2v) is 12.7. The van der Waals surface area contributed by atoms with Crippen molar-refractivity contribution in [1.29, 1.82) is 0 Å². The Morgan fingerprint density at radius 1 is 0.875 bits per heavy atom. The van der Waals surface area contributed by atoms with E-state index in [9.17, 15) is 0 Å². The molecule has 0 N–H and O–H groups in total. The molecule has 0 fully saturated rings. The molecule has 0 saturated carbocycles. The largest absolute Gasteiger partial charge is 0.406 e. The van der Waals surface area contributed by atoms with E-state index in [4.69, 9.17) is 27.6 Å². The van der Waals surface area contributed by atoms with Gasteiger partial charge in [0.15, 0.2) is 0 Å². The summed E-state index contributed by atoms with van der Waals surface area (Å²) < 4.78 is 6.71. The summed E-state index contributed by atoms with van der Waals surface area (Å²) in [6.45, 7) is 9.12. The Labute approximate surface area is 157 Å². The molecule has 0 aliphatic heterocycles. The van der Waals surface area contributed by atoms with Crippen LogP contribution in [0.3, 0.4) is 0 Å². The van der Waals surface area contributed by atoms with E-state index < -0.39 is 8.32 Å². The van der Waals surface area contributed by atoms with Crippen molar-refractivity contribution in [3.05, 3.63) is 60.7 Å². The van der Waals surface area contributed by atoms with Crippen molar-refractivity contribution in [3.8, 4) is 0 Å². The number of alkyl halides is 2. The van der Waals surface area contributed by atoms with Crippen LogP contribution in [0.2, 0.25) is 5.04 Å². The predicted octanol–water partition coefficient (Wildman–Crippen LogP) is 4.80. The molecule has 0 aliphatic carbocycles. The predicted molar refractivity (Wildman–Crippen MR) is 109 cm³/mol. The zero-order valence-corrected chi connectivity index (χ0v) is 17.3. The summed E-state index contributed by atoms with van der Waals surface area (Å²) in [7, 11) is -2.50. The van der Waals surface area contributed by atoms with Gasteiger partial charge in [0.25, 0.3) is 8.32 Å². The van der Waals surface area contributed by atoms with Crippen LogP contribution in [0.15, 0.2) is 60.7 Å². The normalized spacial score (nSPS) is 15.1. The third kappa shape index (κ3) is 4.05. The SMILES string of the molecule is C[C@@H](Cl)[C@@H](Cl)CO[Si](c1ccccc1)(c1ccccc1)C(C)(C)C. The van der Waals surface area contributed by atoms with E-state index in [1.54, 1.807) is 0 Å². The molecule has 2 aromatic carbocycles. The van der Waals surface area contributed by atoms with Gasteiger partial charge in [0.2, 0.25) is 0 Å². The van der Waals surface area contributed by atoms with Gasteiger partial charge in [-0.05, 0) is 22.3 Å². The molecule has 2 rings (SSSR count). The molecule has 1 nitrogen and oxygen atoms in total. The summed E-state index contributed by atoms with van der Waals surface area (Å²) >= 11 is 12.6. The van der Waals surface area contributed by atoms with Gasteiger partial charge >= 0.3 is 0 Å². The Hall–Kier alpha value is -0.803. The van der Waals surface area contributed by atoms with Gasteiger partial charge in [0, 0.05) is 5.38 Å². The zero-order chi connectivity index (χ0) is 17.8. The van der Waals surface area contributed by atoms with Gasteiger partial charge in [0.1, 0.15) is 0 Å². The monoisotopic (exact) mass is 380 g/mol. The van der Waals surface area contributed by atoms with Gasteiger partial charge < -0.3 is 4.43 Å². The number of hydrogen-bond acceptors (Lipinski definition) is 1. The minimum atomic E-state index is -2.50. The maximum atomic E-state index is 6.71. The lowest BCUT2D eigenvalue weighted by Gasteiger charge is -2.43. The molecule has 0 unspecified atom stereocenters. The smallest absolute Gasteiger partial charge is 0.261 e. The minimum Gasteiger partial charge on any atom is -0.406 e. The summed E-state index contributed by atoms with van der Waals surface area (Å²) in [4.78, 5) is 0. The minimum absolute atomic E-state index is 0.0398. The van der Waals surface area contributed by atoms with E-state index in [1.807, 2.05) is 19.1 Å². The lowest BCUT2D eigenvalue weighted by Crippen LogP contribution is -2.67. The van der Waals surface area contributed by atoms with Crippen molar-refractivity contribution in [1.82, 2.24) is 0 Å². The third-order valence-corrected chi connectivity index (χ3v) is 10.3. The Morgan fingerprint density at radius 2 is 1.29 bits per heavy atom. The molecule has 0 amide bonds. The highest BCUT2D eigenvalue weighted by Crippen LogP contribution is 2.37. The van der Waals surface area contributed by atoms with Crippen LogP contribution < -0.4 is 10.4 Å². The Morgan fingerprint density at radius 3 is 1.62 bits per heavy atom. The van der Waals surface area contributed by atoms with Crippen LogP contribution in [0.5, 0.6) is 0 Å². The van der Waals surface area contributed by atoms with Crippen LogP contribution in [0.4, 0.5) is 0 Å². The molecule has 0 heterocycles. The van der Waals surface area contributed by atoms with E-state index in [0.717, 1.165) is 0 Å². The Kier molecular flexibility index (Phi) is 6.55. The topological polar surface area (TPSA) is 9.23 Å². The molecule has 0 saturated heterocycles. The van der Waals surface area contributed by atoms with Crippen LogP contribution in [0.25, 0.3) is 0 Å². The van der Waals surface area contributed by atoms with E-state index in [2.05, 4.69) is 69.3 Å². The van der Waals surface area contributed by atoms with Crippen molar-refractivity contribution < 1.29 is 4.43 Å². The summed E-state index contributed by atoms with van der Waals surface area (Å²) in [6, 6.07) is 21.1. The van der Waals surface area contributed by atoms with E-state index >= 15 is 0 Å². The fourth-order valence-electron chi connectivity index (χ4n) is 3.10. The molecular formula is C20H26Cl2OSi. The van der Waals surface area contributed by atoms with Crippen molar-refractivity contribution in [2.75, 3.05) is 6.61 Å². The number of rotatable bonds is 6. The molecule has 2 aromatic rings. The van der Waals surface area contributed by atoms with Crippen LogP contribution >= 0.6 is 23.2 Å². The van der Waals surface area contributed by atoms with Crippen molar-refractivity contribution in [2.45, 2.75) is 43.5 Å². The maximum Gasteiger partial charge on any atom is 0.261 e. The second-order valence-electron chi connectivity index (χ2n) is 7.17. The van der Waals surface area contributed by atoms with Gasteiger partial charge in [-0.3, -0.25) is 0 Å². The molecule has 0 aliphatic rings. The highest BCUT2D eigenvalue weighted by molar-refractivity contribution is 6.99. The molecule has 0 radical (unpaired) electrons. The van der Waals surface area contributed by atoms with Crippen LogP contribution in [0.1, 0.15) is 27.7 Å². The first-order valence-corrected chi connectivity index (χ1v) is 11.1. The first kappa shape index (κ1) is 19.5. The highest BCUT2D eigenvalue weighted by Gasteiger charge is 2.50. The molecule has 0 spiro atoms. The first-order chi connectivity index (χ1) is 11.3. The fraction of sp³-hybridized carbons (Fsp3) is 0.400. The van der Waals surface area contributed by atoms with Gasteiger partial charge in [-0.1, -0.05) is 81.4 Å². The number of hydrogen-bond donors (Lipinski definition) is 0. The van der Waals surface area contributed by atoms with Crippen LogP contribution in [-0.4, -0.2) is 25.7 Å². The molecule has 0 bridgehead atoms. The average molecular weight is 381 g/mol. The van der Waals surface area contributed by atoms with E-state index in [1.165, 1.54) is 10.4 Å². The van der Waals surface area contributed by atoms with Crippen LogP contribution in [0, 0.1) is 0 Å². The summed E-state index contributed by atoms with van der Waals surface area (Å²) in [6.07, 6.45) is 0. The van der Waals surface area contributed by atoms with Gasteiger partial charge in [-0.25, -0.2) is 0 Å². The standard InChI is InChI=1S/C20H26Cl2OSi/c1-16(21)19(22)15-23-24(20(2,3)4,17-11-7-5-8-12-17)18-13-9-6-10-14-18/h5-14,16,19H,15H2,1-4H3/t16-,19+/m1/s1. The molecular weight excluding hydrogens is 355 g/mol. The Bertz CT molecular complexity index is 584. The quantitative estimate of drug-likeness (QED) is 0.516. The Balaban J connectivity index is 2.57. The van der Waals surface area contributed by atoms with E-state index in [0.29, 0.717) is 6.61 Å². The summed E-state index contributed by atoms with van der Waals surface area (Å²) in [5.41, 5.74) is 0. The fourth-order valence-corrected chi connectivity index (χ4v) is 7.93. The van der Waals surface area contributed by atoms with Gasteiger partial charge in [-0.15, -0.1) is 23.2 Å². The molecule has 24 heavy (non-hydrogen) atoms. The van der Waals surface area contributed by atoms with E-state index in [-0.39, 0.29) is 15.8 Å². The summed E-state index contributed by atoms with van der Waals surface area (Å²) in [5, 5.41) is 2.13. The van der Waals surface area contributed by atoms with Gasteiger partial charge in [-0.2, -0.15) is 0 Å². The lowest BCUT2D eigenvalue weighted by atomic mass is 10.2. The number of benzene rings is 2. The molecule has 2 atom stereocenters. The first-order valence-electron chi connectivity index (χ1n) is 8.32. The lowest BCUT2D eigenvalue weighted by molar-refractivity contribution is 0.294. The molecule has 4 heteroatoms. The van der Waals surface area contributed by atoms with Crippen molar-refractivity contribution in [3.63, 3.8) is 0 Å². The van der Waals surface area contributed by atoms with Crippen LogP contribution in [-0.2, 0) is 4.43 Å². The van der Waals surface area contributed by atoms with Crippen molar-refractivity contribution >= 4 is 41.9 Å². The zero-order valence-electron chi connectivity index (χ0n) is 14.8. The third-order valence-electron chi connectivity index (χ3n) is 4.37. The maximum absolute atomic E-state index is 6.71. The number of halogens is 2. The average Bonchev–Trinajstić information content (AvgIpc) is 2.56. The summed E-state index contributed by atoms with van der Waals surface area (Å²) in [5.74, 6) is 0. The molecule has 130 valence electrons. The molecule has 0 aromatic heterocycles. The van der Waals surface area contributed by atoms with Gasteiger partial charge in [0.05, 0.1) is 12.0 Å². The second kappa shape index (κ2) is 8.05.